The Morgan fingerprint density at radius 3 is 2.74 bits per heavy atom. The SMILES string of the molecule is Cc1cc(C)c(CCl)c(N2CCS(=O)(=O)CC2C)n1. The lowest BCUT2D eigenvalue weighted by molar-refractivity contribution is 0.566. The third-order valence-electron chi connectivity index (χ3n) is 3.53. The smallest absolute Gasteiger partial charge is 0.154 e. The molecule has 19 heavy (non-hydrogen) atoms. The summed E-state index contributed by atoms with van der Waals surface area (Å²) in [4.78, 5) is 6.64. The highest BCUT2D eigenvalue weighted by Gasteiger charge is 2.30. The van der Waals surface area contributed by atoms with Gasteiger partial charge in [0.15, 0.2) is 9.84 Å². The molecular weight excluding hydrogens is 284 g/mol. The summed E-state index contributed by atoms with van der Waals surface area (Å²) in [5, 5.41) is 0. The van der Waals surface area contributed by atoms with E-state index in [0.717, 1.165) is 22.6 Å². The molecule has 0 amide bonds. The van der Waals surface area contributed by atoms with E-state index in [-0.39, 0.29) is 17.5 Å². The largest absolute Gasteiger partial charge is 0.352 e. The number of hydrogen-bond acceptors (Lipinski definition) is 4. The minimum Gasteiger partial charge on any atom is -0.352 e. The maximum Gasteiger partial charge on any atom is 0.154 e. The van der Waals surface area contributed by atoms with E-state index >= 15 is 0 Å². The molecule has 2 heterocycles. The Balaban J connectivity index is 2.42. The number of aromatic nitrogens is 1. The van der Waals surface area contributed by atoms with Crippen LogP contribution in [0.3, 0.4) is 0 Å². The van der Waals surface area contributed by atoms with E-state index in [4.69, 9.17) is 11.6 Å². The van der Waals surface area contributed by atoms with E-state index in [0.29, 0.717) is 12.4 Å². The summed E-state index contributed by atoms with van der Waals surface area (Å²) in [5.74, 6) is 1.61. The zero-order valence-electron chi connectivity index (χ0n) is 11.5. The lowest BCUT2D eigenvalue weighted by Crippen LogP contribution is -2.47. The number of anilines is 1. The Kier molecular flexibility index (Phi) is 4.06. The number of rotatable bonds is 2. The highest BCUT2D eigenvalue weighted by Crippen LogP contribution is 2.27. The fraction of sp³-hybridized carbons (Fsp3) is 0.615. The molecule has 1 saturated heterocycles. The standard InChI is InChI=1S/C13H19ClN2O2S/c1-9-6-10(2)15-13(12(9)7-14)16-4-5-19(17,18)8-11(16)3/h6,11H,4-5,7-8H2,1-3H3. The number of aryl methyl sites for hydroxylation is 2. The average Bonchev–Trinajstić information content (AvgIpc) is 2.26. The van der Waals surface area contributed by atoms with Gasteiger partial charge in [0.25, 0.3) is 0 Å². The summed E-state index contributed by atoms with van der Waals surface area (Å²) in [6, 6.07) is 1.95. The van der Waals surface area contributed by atoms with Gasteiger partial charge < -0.3 is 4.90 Å². The summed E-state index contributed by atoms with van der Waals surface area (Å²) in [6.07, 6.45) is 0. The summed E-state index contributed by atoms with van der Waals surface area (Å²) < 4.78 is 23.3. The van der Waals surface area contributed by atoms with Gasteiger partial charge >= 0.3 is 0 Å². The van der Waals surface area contributed by atoms with Gasteiger partial charge in [0.2, 0.25) is 0 Å². The molecule has 1 fully saturated rings. The Morgan fingerprint density at radius 1 is 1.47 bits per heavy atom. The van der Waals surface area contributed by atoms with E-state index in [2.05, 4.69) is 9.88 Å². The van der Waals surface area contributed by atoms with Gasteiger partial charge in [0.1, 0.15) is 5.82 Å². The Morgan fingerprint density at radius 2 is 2.16 bits per heavy atom. The second-order valence-corrected chi connectivity index (χ2v) is 7.67. The molecule has 0 aliphatic carbocycles. The molecule has 1 aliphatic heterocycles. The van der Waals surface area contributed by atoms with Crippen LogP contribution >= 0.6 is 11.6 Å². The first-order valence-electron chi connectivity index (χ1n) is 6.34. The van der Waals surface area contributed by atoms with Crippen LogP contribution in [-0.2, 0) is 15.7 Å². The second kappa shape index (κ2) is 5.29. The Bertz CT molecular complexity index is 587. The molecule has 0 spiro atoms. The molecule has 1 aromatic rings. The van der Waals surface area contributed by atoms with Gasteiger partial charge in [0, 0.05) is 23.8 Å². The Labute approximate surface area is 119 Å². The van der Waals surface area contributed by atoms with Crippen molar-refractivity contribution in [3.8, 4) is 0 Å². The van der Waals surface area contributed by atoms with Crippen LogP contribution in [0.15, 0.2) is 6.07 Å². The molecule has 0 radical (unpaired) electrons. The molecule has 0 bridgehead atoms. The minimum atomic E-state index is -2.92. The zero-order chi connectivity index (χ0) is 14.2. The van der Waals surface area contributed by atoms with Crippen molar-refractivity contribution >= 4 is 27.3 Å². The molecule has 1 unspecified atom stereocenters. The van der Waals surface area contributed by atoms with E-state index < -0.39 is 9.84 Å². The molecular formula is C13H19ClN2O2S. The zero-order valence-corrected chi connectivity index (χ0v) is 13.1. The predicted octanol–water partition coefficient (Wildman–Crippen LogP) is 2.06. The summed E-state index contributed by atoms with van der Waals surface area (Å²) in [5.41, 5.74) is 3.04. The van der Waals surface area contributed by atoms with Crippen molar-refractivity contribution in [2.75, 3.05) is 23.0 Å². The molecule has 1 aromatic heterocycles. The molecule has 0 N–H and O–H groups in total. The number of hydrogen-bond donors (Lipinski definition) is 0. The molecule has 2 rings (SSSR count). The van der Waals surface area contributed by atoms with E-state index in [1.54, 1.807) is 0 Å². The molecule has 0 saturated carbocycles. The van der Waals surface area contributed by atoms with Crippen molar-refractivity contribution in [1.82, 2.24) is 4.98 Å². The van der Waals surface area contributed by atoms with Gasteiger partial charge in [0.05, 0.1) is 17.4 Å². The van der Waals surface area contributed by atoms with Crippen LogP contribution in [0.4, 0.5) is 5.82 Å². The summed E-state index contributed by atoms with van der Waals surface area (Å²) in [6.45, 7) is 6.37. The van der Waals surface area contributed by atoms with Crippen LogP contribution in [-0.4, -0.2) is 37.5 Å². The van der Waals surface area contributed by atoms with E-state index in [9.17, 15) is 8.42 Å². The first-order valence-corrected chi connectivity index (χ1v) is 8.70. The van der Waals surface area contributed by atoms with Crippen LogP contribution in [0.25, 0.3) is 0 Å². The fourth-order valence-corrected chi connectivity index (χ4v) is 4.45. The highest BCUT2D eigenvalue weighted by atomic mass is 35.5. The minimum absolute atomic E-state index is 0.0607. The Hall–Kier alpha value is -0.810. The molecule has 1 atom stereocenters. The molecule has 6 heteroatoms. The lowest BCUT2D eigenvalue weighted by Gasteiger charge is -2.35. The number of halogens is 1. The highest BCUT2D eigenvalue weighted by molar-refractivity contribution is 7.91. The van der Waals surface area contributed by atoms with Crippen LogP contribution in [0.5, 0.6) is 0 Å². The van der Waals surface area contributed by atoms with Gasteiger partial charge in [-0.3, -0.25) is 0 Å². The number of nitrogens with zero attached hydrogens (tertiary/aromatic N) is 2. The maximum atomic E-state index is 11.7. The third kappa shape index (κ3) is 3.03. The topological polar surface area (TPSA) is 50.3 Å². The maximum absolute atomic E-state index is 11.7. The monoisotopic (exact) mass is 302 g/mol. The van der Waals surface area contributed by atoms with Gasteiger partial charge in [-0.15, -0.1) is 11.6 Å². The third-order valence-corrected chi connectivity index (χ3v) is 5.59. The van der Waals surface area contributed by atoms with Crippen molar-refractivity contribution < 1.29 is 8.42 Å². The first-order chi connectivity index (χ1) is 8.84. The summed E-state index contributed by atoms with van der Waals surface area (Å²) >= 11 is 6.03. The predicted molar refractivity (Wildman–Crippen MR) is 78.7 cm³/mol. The van der Waals surface area contributed by atoms with Crippen LogP contribution < -0.4 is 4.90 Å². The fourth-order valence-electron chi connectivity index (χ4n) is 2.56. The van der Waals surface area contributed by atoms with Gasteiger partial charge in [-0.2, -0.15) is 0 Å². The number of sulfone groups is 1. The van der Waals surface area contributed by atoms with E-state index in [1.165, 1.54) is 0 Å². The molecule has 1 aliphatic rings. The van der Waals surface area contributed by atoms with Crippen molar-refractivity contribution in [2.24, 2.45) is 0 Å². The normalized spacial score (nSPS) is 22.5. The number of alkyl halides is 1. The quantitative estimate of drug-likeness (QED) is 0.785. The van der Waals surface area contributed by atoms with Gasteiger partial charge in [-0.25, -0.2) is 13.4 Å². The van der Waals surface area contributed by atoms with Crippen molar-refractivity contribution in [3.63, 3.8) is 0 Å². The van der Waals surface area contributed by atoms with E-state index in [1.807, 2.05) is 26.8 Å². The number of pyridine rings is 1. The van der Waals surface area contributed by atoms with Crippen LogP contribution in [0.2, 0.25) is 0 Å². The van der Waals surface area contributed by atoms with Crippen molar-refractivity contribution in [3.05, 3.63) is 22.9 Å². The van der Waals surface area contributed by atoms with Gasteiger partial charge in [-0.1, -0.05) is 0 Å². The van der Waals surface area contributed by atoms with Crippen LogP contribution in [0.1, 0.15) is 23.7 Å². The van der Waals surface area contributed by atoms with Crippen molar-refractivity contribution in [2.45, 2.75) is 32.7 Å². The lowest BCUT2D eigenvalue weighted by atomic mass is 10.1. The summed E-state index contributed by atoms with van der Waals surface area (Å²) in [7, 11) is -2.92. The molecule has 0 aromatic carbocycles. The average molecular weight is 303 g/mol. The molecule has 106 valence electrons. The van der Waals surface area contributed by atoms with Crippen molar-refractivity contribution in [1.29, 1.82) is 0 Å². The van der Waals surface area contributed by atoms with Gasteiger partial charge in [-0.05, 0) is 32.4 Å². The van der Waals surface area contributed by atoms with Crippen LogP contribution in [0, 0.1) is 13.8 Å². The molecule has 4 nitrogen and oxygen atoms in total. The first kappa shape index (κ1) is 14.6. The second-order valence-electron chi connectivity index (χ2n) is 5.17.